The van der Waals surface area contributed by atoms with Crippen molar-refractivity contribution in [3.05, 3.63) is 33.7 Å². The van der Waals surface area contributed by atoms with Crippen LogP contribution in [0.2, 0.25) is 5.15 Å². The molecule has 0 aromatic carbocycles. The number of halogens is 1. The molecule has 0 aliphatic carbocycles. The van der Waals surface area contributed by atoms with Gasteiger partial charge in [-0.3, -0.25) is 4.79 Å². The molecule has 2 aromatic heterocycles. The van der Waals surface area contributed by atoms with Crippen molar-refractivity contribution in [1.29, 1.82) is 0 Å². The number of ether oxygens (including phenoxy) is 1. The van der Waals surface area contributed by atoms with E-state index < -0.39 is 5.60 Å². The Morgan fingerprint density at radius 3 is 2.48 bits per heavy atom. The third kappa shape index (κ3) is 3.40. The minimum Gasteiger partial charge on any atom is -0.444 e. The first-order chi connectivity index (χ1) is 12.7. The summed E-state index contributed by atoms with van der Waals surface area (Å²) in [7, 11) is 0. The Labute approximate surface area is 162 Å². The van der Waals surface area contributed by atoms with Crippen LogP contribution in [0.4, 0.5) is 4.79 Å². The molecule has 2 aromatic rings. The van der Waals surface area contributed by atoms with Crippen LogP contribution in [-0.4, -0.2) is 43.4 Å². The highest BCUT2D eigenvalue weighted by Crippen LogP contribution is 2.42. The quantitative estimate of drug-likeness (QED) is 0.744. The normalized spacial score (nSPS) is 25.0. The zero-order valence-electron chi connectivity index (χ0n) is 15.7. The van der Waals surface area contributed by atoms with Gasteiger partial charge in [0.15, 0.2) is 16.2 Å². The summed E-state index contributed by atoms with van der Waals surface area (Å²) in [5.74, 6) is 0. The molecule has 0 saturated carbocycles. The third-order valence-electron chi connectivity index (χ3n) is 5.35. The molecule has 0 radical (unpaired) electrons. The molecule has 2 aliphatic rings. The van der Waals surface area contributed by atoms with E-state index in [0.717, 1.165) is 25.7 Å². The number of hydrogen-bond acceptors (Lipinski definition) is 5. The number of carbonyl (C=O) groups is 1. The van der Waals surface area contributed by atoms with Gasteiger partial charge in [0.25, 0.3) is 0 Å². The Morgan fingerprint density at radius 1 is 1.19 bits per heavy atom. The molecule has 2 saturated heterocycles. The number of pyridine rings is 1. The van der Waals surface area contributed by atoms with Crippen LogP contribution in [0.15, 0.2) is 23.1 Å². The molecule has 2 aliphatic heterocycles. The summed E-state index contributed by atoms with van der Waals surface area (Å²) >= 11 is 5.91. The summed E-state index contributed by atoms with van der Waals surface area (Å²) in [6, 6.07) is 3.53. The van der Waals surface area contributed by atoms with Gasteiger partial charge < -0.3 is 14.2 Å². The van der Waals surface area contributed by atoms with Gasteiger partial charge in [0.2, 0.25) is 0 Å². The van der Waals surface area contributed by atoms with Crippen LogP contribution in [0.3, 0.4) is 0 Å². The second-order valence-corrected chi connectivity index (χ2v) is 8.78. The Hall–Kier alpha value is -2.15. The zero-order chi connectivity index (χ0) is 19.3. The third-order valence-corrected chi connectivity index (χ3v) is 5.53. The highest BCUT2D eigenvalue weighted by Gasteiger charge is 2.45. The van der Waals surface area contributed by atoms with E-state index in [2.05, 4.69) is 10.2 Å². The number of amides is 1. The molecular formula is C19H23ClN4O3. The summed E-state index contributed by atoms with van der Waals surface area (Å²) in [5, 5.41) is 8.76. The number of aromatic nitrogens is 3. The van der Waals surface area contributed by atoms with Crippen molar-refractivity contribution in [3.8, 4) is 0 Å². The Morgan fingerprint density at radius 2 is 1.85 bits per heavy atom. The van der Waals surface area contributed by atoms with Crippen molar-refractivity contribution < 1.29 is 9.53 Å². The van der Waals surface area contributed by atoms with Gasteiger partial charge in [-0.15, -0.1) is 10.2 Å². The van der Waals surface area contributed by atoms with Crippen molar-refractivity contribution in [1.82, 2.24) is 19.7 Å². The van der Waals surface area contributed by atoms with Crippen LogP contribution >= 0.6 is 11.6 Å². The van der Waals surface area contributed by atoms with Crippen molar-refractivity contribution in [3.63, 3.8) is 0 Å². The van der Waals surface area contributed by atoms with Gasteiger partial charge in [-0.1, -0.05) is 11.6 Å². The summed E-state index contributed by atoms with van der Waals surface area (Å²) in [6.45, 7) is 5.65. The second kappa shape index (κ2) is 6.48. The lowest BCUT2D eigenvalue weighted by molar-refractivity contribution is 0.00311. The van der Waals surface area contributed by atoms with E-state index in [1.54, 1.807) is 18.3 Å². The van der Waals surface area contributed by atoms with E-state index in [-0.39, 0.29) is 34.8 Å². The van der Waals surface area contributed by atoms with Gasteiger partial charge in [-0.25, -0.2) is 4.79 Å². The van der Waals surface area contributed by atoms with Crippen LogP contribution < -0.4 is 5.43 Å². The van der Waals surface area contributed by atoms with Gasteiger partial charge in [0.1, 0.15) is 5.60 Å². The van der Waals surface area contributed by atoms with E-state index in [0.29, 0.717) is 11.0 Å². The first kappa shape index (κ1) is 18.2. The summed E-state index contributed by atoms with van der Waals surface area (Å²) in [6.07, 6.45) is 5.09. The van der Waals surface area contributed by atoms with Crippen molar-refractivity contribution in [2.24, 2.45) is 0 Å². The van der Waals surface area contributed by atoms with Crippen LogP contribution in [0.1, 0.15) is 52.5 Å². The average Bonchev–Trinajstić information content (AvgIpc) is 2.85. The van der Waals surface area contributed by atoms with Gasteiger partial charge in [0, 0.05) is 30.4 Å². The number of fused-ring (bicyclic) bond motifs is 3. The molecule has 1 amide bonds. The predicted octanol–water partition coefficient (Wildman–Crippen LogP) is 3.55. The average molecular weight is 391 g/mol. The molecule has 4 heterocycles. The first-order valence-corrected chi connectivity index (χ1v) is 9.66. The molecule has 27 heavy (non-hydrogen) atoms. The van der Waals surface area contributed by atoms with E-state index in [1.165, 1.54) is 0 Å². The van der Waals surface area contributed by atoms with E-state index in [9.17, 15) is 9.59 Å². The lowest BCUT2D eigenvalue weighted by Crippen LogP contribution is -2.48. The Balaban J connectivity index is 1.63. The topological polar surface area (TPSA) is 77.3 Å². The van der Waals surface area contributed by atoms with Crippen molar-refractivity contribution >= 4 is 28.7 Å². The molecule has 4 rings (SSSR count). The number of carbonyl (C=O) groups excluding carboxylic acids is 1. The maximum Gasteiger partial charge on any atom is 0.410 e. The van der Waals surface area contributed by atoms with E-state index in [4.69, 9.17) is 16.3 Å². The smallest absolute Gasteiger partial charge is 0.410 e. The lowest BCUT2D eigenvalue weighted by atomic mass is 9.97. The molecule has 0 spiro atoms. The lowest BCUT2D eigenvalue weighted by Gasteiger charge is -2.40. The summed E-state index contributed by atoms with van der Waals surface area (Å²) < 4.78 is 7.61. The standard InChI is InChI=1S/C19H23ClN4O3/c1-19(2,3)27-18(26)24-11-4-5-12(24)9-13(8-11)23-7-6-15(25)14-10-16(20)21-22-17(14)23/h6-7,10-13H,4-5,8-9H2,1-3H3. The molecule has 7 nitrogen and oxygen atoms in total. The number of hydrogen-bond donors (Lipinski definition) is 0. The monoisotopic (exact) mass is 390 g/mol. The highest BCUT2D eigenvalue weighted by atomic mass is 35.5. The maximum absolute atomic E-state index is 12.6. The Kier molecular flexibility index (Phi) is 4.37. The summed E-state index contributed by atoms with van der Waals surface area (Å²) in [4.78, 5) is 26.7. The molecule has 0 N–H and O–H groups in total. The largest absolute Gasteiger partial charge is 0.444 e. The van der Waals surface area contributed by atoms with Gasteiger partial charge in [-0.05, 0) is 52.5 Å². The molecule has 8 heteroatoms. The molecule has 144 valence electrons. The fourth-order valence-electron chi connectivity index (χ4n) is 4.32. The van der Waals surface area contributed by atoms with Crippen molar-refractivity contribution in [2.75, 3.05) is 0 Å². The molecule has 2 bridgehead atoms. The molecule has 2 atom stereocenters. The van der Waals surface area contributed by atoms with E-state index in [1.807, 2.05) is 30.2 Å². The number of rotatable bonds is 1. The first-order valence-electron chi connectivity index (χ1n) is 9.28. The van der Waals surface area contributed by atoms with Crippen LogP contribution in [0.25, 0.3) is 11.0 Å². The minimum atomic E-state index is -0.503. The SMILES string of the molecule is CC(C)(C)OC(=O)N1C2CCC1CC(n1ccc(=O)c3cc(Cl)nnc31)C2. The minimum absolute atomic E-state index is 0.118. The fourth-order valence-corrected chi connectivity index (χ4v) is 4.47. The second-order valence-electron chi connectivity index (χ2n) is 8.39. The molecule has 2 unspecified atom stereocenters. The summed E-state index contributed by atoms with van der Waals surface area (Å²) in [5.41, 5.74) is -0.0776. The fraction of sp³-hybridized carbons (Fsp3) is 0.579. The van der Waals surface area contributed by atoms with Gasteiger partial charge >= 0.3 is 6.09 Å². The highest BCUT2D eigenvalue weighted by molar-refractivity contribution is 6.29. The predicted molar refractivity (Wildman–Crippen MR) is 102 cm³/mol. The van der Waals surface area contributed by atoms with Gasteiger partial charge in [0.05, 0.1) is 5.39 Å². The number of piperidine rings is 1. The molecular weight excluding hydrogens is 368 g/mol. The number of nitrogens with zero attached hydrogens (tertiary/aromatic N) is 4. The zero-order valence-corrected chi connectivity index (χ0v) is 16.4. The van der Waals surface area contributed by atoms with Crippen molar-refractivity contribution in [2.45, 2.75) is 70.2 Å². The van der Waals surface area contributed by atoms with Crippen LogP contribution in [-0.2, 0) is 4.74 Å². The maximum atomic E-state index is 12.6. The Bertz CT molecular complexity index is 938. The van der Waals surface area contributed by atoms with Gasteiger partial charge in [-0.2, -0.15) is 0 Å². The van der Waals surface area contributed by atoms with E-state index >= 15 is 0 Å². The van der Waals surface area contributed by atoms with Crippen LogP contribution in [0.5, 0.6) is 0 Å². The molecule has 2 fully saturated rings. The van der Waals surface area contributed by atoms with Crippen LogP contribution in [0, 0.1) is 0 Å².